The Hall–Kier alpha value is -4.64. The third-order valence-corrected chi connectivity index (χ3v) is 8.86. The molecule has 11 heteroatoms. The zero-order chi connectivity index (χ0) is 30.8. The molecule has 3 atom stereocenters. The van der Waals surface area contributed by atoms with Crippen molar-refractivity contribution in [1.82, 2.24) is 14.8 Å². The van der Waals surface area contributed by atoms with Crippen LogP contribution in [0.1, 0.15) is 53.6 Å². The number of carboxylic acids is 1. The Balaban J connectivity index is 1.29. The third kappa shape index (κ3) is 5.67. The summed E-state index contributed by atoms with van der Waals surface area (Å²) >= 11 is 0. The Kier molecular flexibility index (Phi) is 8.38. The van der Waals surface area contributed by atoms with Crippen molar-refractivity contribution >= 4 is 23.5 Å². The molecule has 0 radical (unpaired) electrons. The van der Waals surface area contributed by atoms with E-state index in [4.69, 9.17) is 9.47 Å². The van der Waals surface area contributed by atoms with Crippen molar-refractivity contribution in [3.8, 4) is 17.2 Å². The summed E-state index contributed by atoms with van der Waals surface area (Å²) in [5, 5.41) is 21.2. The summed E-state index contributed by atoms with van der Waals surface area (Å²) in [6.07, 6.45) is 5.38. The fourth-order valence-electron chi connectivity index (χ4n) is 6.69. The van der Waals surface area contributed by atoms with Crippen molar-refractivity contribution in [3.63, 3.8) is 0 Å². The van der Waals surface area contributed by atoms with Gasteiger partial charge in [0.25, 0.3) is 5.91 Å². The Bertz CT molecular complexity index is 1550. The summed E-state index contributed by atoms with van der Waals surface area (Å²) < 4.78 is 10.9. The van der Waals surface area contributed by atoms with Gasteiger partial charge >= 0.3 is 5.97 Å². The molecule has 0 saturated carbocycles. The molecule has 4 heterocycles. The highest BCUT2D eigenvalue weighted by Crippen LogP contribution is 2.47. The van der Waals surface area contributed by atoms with Crippen LogP contribution in [0.5, 0.6) is 17.2 Å². The van der Waals surface area contributed by atoms with E-state index >= 15 is 0 Å². The topological polar surface area (TPSA) is 133 Å². The second-order valence-corrected chi connectivity index (χ2v) is 11.5. The number of pyridine rings is 1. The Morgan fingerprint density at radius 3 is 2.73 bits per heavy atom. The Morgan fingerprint density at radius 2 is 1.98 bits per heavy atom. The number of fused-ring (bicyclic) bond motifs is 2. The van der Waals surface area contributed by atoms with Crippen molar-refractivity contribution in [2.75, 3.05) is 37.9 Å². The molecule has 1 fully saturated rings. The molecule has 0 aliphatic carbocycles. The summed E-state index contributed by atoms with van der Waals surface area (Å²) in [4.78, 5) is 49.6. The second-order valence-electron chi connectivity index (χ2n) is 11.5. The van der Waals surface area contributed by atoms with Gasteiger partial charge in [0, 0.05) is 49.9 Å². The van der Waals surface area contributed by atoms with Crippen LogP contribution in [-0.2, 0) is 16.1 Å². The number of hydrogen-bond donors (Lipinski definition) is 2. The average molecular weight is 601 g/mol. The van der Waals surface area contributed by atoms with Crippen LogP contribution >= 0.6 is 0 Å². The van der Waals surface area contributed by atoms with Gasteiger partial charge in [-0.15, -0.1) is 0 Å². The van der Waals surface area contributed by atoms with Crippen molar-refractivity contribution in [2.24, 2.45) is 5.92 Å². The number of aromatic nitrogens is 1. The van der Waals surface area contributed by atoms with Gasteiger partial charge in [-0.3, -0.25) is 24.3 Å². The zero-order valence-corrected chi connectivity index (χ0v) is 24.6. The van der Waals surface area contributed by atoms with Crippen molar-refractivity contribution in [3.05, 3.63) is 77.6 Å². The molecule has 2 N–H and O–H groups in total. The zero-order valence-electron chi connectivity index (χ0n) is 24.6. The Labute approximate surface area is 255 Å². The highest BCUT2D eigenvalue weighted by atomic mass is 16.7. The Morgan fingerprint density at radius 1 is 1.14 bits per heavy atom. The highest BCUT2D eigenvalue weighted by molar-refractivity contribution is 5.98. The van der Waals surface area contributed by atoms with Crippen LogP contribution in [0.3, 0.4) is 0 Å². The lowest BCUT2D eigenvalue weighted by molar-refractivity contribution is -0.143. The number of amides is 2. The number of hydrogen-bond acceptors (Lipinski definition) is 8. The minimum Gasteiger partial charge on any atom is -0.504 e. The second kappa shape index (κ2) is 12.5. The molecule has 1 saturated heterocycles. The maximum Gasteiger partial charge on any atom is 0.308 e. The summed E-state index contributed by atoms with van der Waals surface area (Å²) in [7, 11) is 0. The van der Waals surface area contributed by atoms with E-state index in [9.17, 15) is 24.6 Å². The summed E-state index contributed by atoms with van der Waals surface area (Å²) in [5.41, 5.74) is 2.90. The molecular formula is C33H36N4O7. The lowest BCUT2D eigenvalue weighted by atomic mass is 9.84. The molecule has 11 nitrogen and oxygen atoms in total. The molecule has 44 heavy (non-hydrogen) atoms. The van der Waals surface area contributed by atoms with Crippen LogP contribution in [0.25, 0.3) is 0 Å². The van der Waals surface area contributed by atoms with Crippen LogP contribution < -0.4 is 14.4 Å². The maximum atomic E-state index is 13.9. The lowest BCUT2D eigenvalue weighted by Gasteiger charge is -2.30. The minimum atomic E-state index is -1.00. The molecule has 230 valence electrons. The van der Waals surface area contributed by atoms with Gasteiger partial charge < -0.3 is 29.5 Å². The van der Waals surface area contributed by atoms with Crippen molar-refractivity contribution in [2.45, 2.75) is 44.7 Å². The number of nitrogens with zero attached hydrogens (tertiary/aromatic N) is 4. The number of phenols is 1. The molecule has 0 unspecified atom stereocenters. The molecule has 0 bridgehead atoms. The number of ether oxygens (including phenoxy) is 2. The monoisotopic (exact) mass is 600 g/mol. The minimum absolute atomic E-state index is 0.00569. The quantitative estimate of drug-likeness (QED) is 0.337. The summed E-state index contributed by atoms with van der Waals surface area (Å²) in [6.45, 7) is 3.61. The molecule has 2 amide bonds. The number of benzene rings is 2. The fraction of sp³-hybridized carbons (Fsp3) is 0.394. The first kappa shape index (κ1) is 29.4. The smallest absolute Gasteiger partial charge is 0.308 e. The first-order valence-electron chi connectivity index (χ1n) is 15.0. The number of rotatable bonds is 11. The van der Waals surface area contributed by atoms with Gasteiger partial charge in [-0.25, -0.2) is 0 Å². The van der Waals surface area contributed by atoms with E-state index < -0.39 is 23.8 Å². The summed E-state index contributed by atoms with van der Waals surface area (Å²) in [6, 6.07) is 13.8. The molecule has 3 aliphatic heterocycles. The highest BCUT2D eigenvalue weighted by Gasteiger charge is 2.48. The average Bonchev–Trinajstić information content (AvgIpc) is 3.73. The van der Waals surface area contributed by atoms with E-state index in [0.29, 0.717) is 48.6 Å². The molecule has 3 aliphatic rings. The van der Waals surface area contributed by atoms with E-state index in [1.165, 1.54) is 6.07 Å². The van der Waals surface area contributed by atoms with Crippen molar-refractivity contribution in [1.29, 1.82) is 0 Å². The largest absolute Gasteiger partial charge is 0.504 e. The van der Waals surface area contributed by atoms with Crippen LogP contribution in [-0.4, -0.2) is 81.8 Å². The molecule has 6 rings (SSSR count). The van der Waals surface area contributed by atoms with Gasteiger partial charge in [0.1, 0.15) is 0 Å². The molecule has 0 spiro atoms. The molecule has 1 aromatic heterocycles. The molecular weight excluding hydrogens is 564 g/mol. The number of carboxylic acid groups (broad SMARTS) is 1. The van der Waals surface area contributed by atoms with Crippen LogP contribution in [0.15, 0.2) is 60.9 Å². The van der Waals surface area contributed by atoms with Gasteiger partial charge in [-0.2, -0.15) is 0 Å². The summed E-state index contributed by atoms with van der Waals surface area (Å²) in [5.74, 6) is -2.20. The van der Waals surface area contributed by atoms with E-state index in [2.05, 4.69) is 11.9 Å². The number of likely N-dealkylation sites (tertiary alicyclic amines) is 1. The number of carbonyl (C=O) groups excluding carboxylic acids is 2. The third-order valence-electron chi connectivity index (χ3n) is 8.86. The number of phenolic OH excluding ortho intramolecular Hbond substituents is 1. The van der Waals surface area contributed by atoms with Crippen molar-refractivity contribution < 1.29 is 34.1 Å². The van der Waals surface area contributed by atoms with E-state index in [1.807, 2.05) is 35.2 Å². The van der Waals surface area contributed by atoms with Gasteiger partial charge in [-0.1, -0.05) is 31.5 Å². The molecule has 3 aromatic rings. The number of carbonyl (C=O) groups is 3. The first-order valence-corrected chi connectivity index (χ1v) is 15.0. The molecule has 2 aromatic carbocycles. The van der Waals surface area contributed by atoms with Crippen LogP contribution in [0.4, 0.5) is 5.69 Å². The first-order chi connectivity index (χ1) is 21.4. The van der Waals surface area contributed by atoms with Gasteiger partial charge in [0.15, 0.2) is 11.5 Å². The lowest BCUT2D eigenvalue weighted by Crippen LogP contribution is -2.45. The van der Waals surface area contributed by atoms with Gasteiger partial charge in [0.05, 0.1) is 24.3 Å². The fourth-order valence-corrected chi connectivity index (χ4v) is 6.69. The predicted octanol–water partition coefficient (Wildman–Crippen LogP) is 3.86. The maximum absolute atomic E-state index is 13.9. The van der Waals surface area contributed by atoms with E-state index in [-0.39, 0.29) is 43.2 Å². The normalized spacial score (nSPS) is 20.6. The number of aliphatic carboxylic acids is 1. The number of anilines is 1. The van der Waals surface area contributed by atoms with E-state index in [1.54, 1.807) is 34.3 Å². The van der Waals surface area contributed by atoms with Crippen LogP contribution in [0, 0.1) is 5.92 Å². The van der Waals surface area contributed by atoms with Gasteiger partial charge in [0.2, 0.25) is 18.4 Å². The number of aromatic hydroxyl groups is 1. The van der Waals surface area contributed by atoms with Gasteiger partial charge in [-0.05, 0) is 54.3 Å². The standard InChI is InChI=1S/C33H36N4O7/c1-2-3-12-37(23-8-6-11-34-16-23)29(39)19-36-18-25(22-14-27(38)31-28(15-22)43-20-44-31)30(33(41)42)26(36)10-13-35-17-21-7-4-5-9-24(21)32(35)40/h4-9,11,14-16,25-26,30,38H,2-3,10,12-13,17-20H2,1H3,(H,41,42)/t25-,26+,30-/m1/s1. The SMILES string of the molecule is CCCCN(C(=O)CN1C[C@H](c2cc(O)c3c(c2)OCO3)[C@@H](C(=O)O)[C@@H]1CCN1Cc2ccccc2C1=O)c1cccnc1. The predicted molar refractivity (Wildman–Crippen MR) is 161 cm³/mol. The van der Waals surface area contributed by atoms with Crippen LogP contribution in [0.2, 0.25) is 0 Å². The van der Waals surface area contributed by atoms with E-state index in [0.717, 1.165) is 18.4 Å². The number of unbranched alkanes of at least 4 members (excludes halogenated alkanes) is 1.